The summed E-state index contributed by atoms with van der Waals surface area (Å²) in [5, 5.41) is 0. The first-order chi connectivity index (χ1) is 9.16. The molecule has 98 valence electrons. The summed E-state index contributed by atoms with van der Waals surface area (Å²) < 4.78 is 10.7. The fraction of sp³-hybridized carbons (Fsp3) is 0.357. The maximum absolute atomic E-state index is 6.18. The van der Waals surface area contributed by atoms with Gasteiger partial charge >= 0.3 is 0 Å². The van der Waals surface area contributed by atoms with Crippen LogP contribution in [0.5, 0.6) is 11.5 Å². The number of hydrogen-bond acceptors (Lipinski definition) is 4. The van der Waals surface area contributed by atoms with E-state index in [2.05, 4.69) is 9.97 Å². The first kappa shape index (κ1) is 10.9. The van der Waals surface area contributed by atoms with Crippen LogP contribution in [0, 0.1) is 6.92 Å². The lowest BCUT2D eigenvalue weighted by molar-refractivity contribution is 0.174. The molecule has 1 saturated carbocycles. The summed E-state index contributed by atoms with van der Waals surface area (Å²) in [5.74, 6) is 2.45. The number of aromatic amines is 1. The molecule has 0 amide bonds. The average Bonchev–Trinajstić information content (AvgIpc) is 2.86. The molecule has 5 nitrogen and oxygen atoms in total. The molecule has 1 fully saturated rings. The largest absolute Gasteiger partial charge is 0.454 e. The number of benzene rings is 1. The zero-order valence-electron chi connectivity index (χ0n) is 10.7. The lowest BCUT2D eigenvalue weighted by atomic mass is 10.1. The second-order valence-corrected chi connectivity index (χ2v) is 5.28. The number of imidazole rings is 1. The second-order valence-electron chi connectivity index (χ2n) is 5.28. The van der Waals surface area contributed by atoms with E-state index in [1.165, 1.54) is 0 Å². The average molecular weight is 257 g/mol. The molecule has 0 saturated heterocycles. The molecule has 1 aliphatic heterocycles. The molecule has 2 heterocycles. The van der Waals surface area contributed by atoms with E-state index in [0.29, 0.717) is 0 Å². The van der Waals surface area contributed by atoms with Crippen molar-refractivity contribution in [3.05, 3.63) is 29.7 Å². The summed E-state index contributed by atoms with van der Waals surface area (Å²) in [5.41, 5.74) is 8.93. The molecule has 1 aromatic carbocycles. The maximum atomic E-state index is 6.18. The molecule has 0 unspecified atom stereocenters. The lowest BCUT2D eigenvalue weighted by Crippen LogP contribution is -2.20. The van der Waals surface area contributed by atoms with E-state index >= 15 is 0 Å². The number of fused-ring (bicyclic) bond motifs is 1. The SMILES string of the molecule is Cc1[nH]c(C2(N)CC2)nc1-c1ccc2c(c1)OCO2. The van der Waals surface area contributed by atoms with Gasteiger partial charge in [-0.3, -0.25) is 0 Å². The van der Waals surface area contributed by atoms with Crippen molar-refractivity contribution in [2.75, 3.05) is 6.79 Å². The Morgan fingerprint density at radius 1 is 1.26 bits per heavy atom. The predicted octanol–water partition coefficient (Wildman–Crippen LogP) is 2.06. The van der Waals surface area contributed by atoms with Crippen LogP contribution >= 0.6 is 0 Å². The Morgan fingerprint density at radius 3 is 2.84 bits per heavy atom. The number of nitrogens with one attached hydrogen (secondary N) is 1. The van der Waals surface area contributed by atoms with Crippen molar-refractivity contribution in [2.45, 2.75) is 25.3 Å². The number of H-pyrrole nitrogens is 1. The van der Waals surface area contributed by atoms with Gasteiger partial charge in [-0.25, -0.2) is 4.98 Å². The van der Waals surface area contributed by atoms with Crippen molar-refractivity contribution in [2.24, 2.45) is 5.73 Å². The van der Waals surface area contributed by atoms with Crippen LogP contribution in [0.25, 0.3) is 11.3 Å². The normalized spacial score (nSPS) is 18.6. The highest BCUT2D eigenvalue weighted by molar-refractivity contribution is 5.66. The molecule has 2 aliphatic rings. The number of rotatable bonds is 2. The van der Waals surface area contributed by atoms with Crippen molar-refractivity contribution in [1.29, 1.82) is 0 Å². The third-order valence-electron chi connectivity index (χ3n) is 3.79. The Balaban J connectivity index is 1.78. The molecular weight excluding hydrogens is 242 g/mol. The van der Waals surface area contributed by atoms with Gasteiger partial charge in [-0.2, -0.15) is 0 Å². The van der Waals surface area contributed by atoms with E-state index in [-0.39, 0.29) is 12.3 Å². The van der Waals surface area contributed by atoms with E-state index < -0.39 is 0 Å². The third-order valence-corrected chi connectivity index (χ3v) is 3.79. The molecule has 0 bridgehead atoms. The zero-order valence-corrected chi connectivity index (χ0v) is 10.7. The smallest absolute Gasteiger partial charge is 0.231 e. The van der Waals surface area contributed by atoms with Gasteiger partial charge in [-0.1, -0.05) is 0 Å². The minimum absolute atomic E-state index is 0.237. The molecular formula is C14H15N3O2. The van der Waals surface area contributed by atoms with Crippen LogP contribution in [0.3, 0.4) is 0 Å². The summed E-state index contributed by atoms with van der Waals surface area (Å²) in [6.07, 6.45) is 2.00. The summed E-state index contributed by atoms with van der Waals surface area (Å²) in [6.45, 7) is 2.30. The molecule has 0 radical (unpaired) electrons. The van der Waals surface area contributed by atoms with Gasteiger partial charge in [0.2, 0.25) is 6.79 Å². The molecule has 0 spiro atoms. The summed E-state index contributed by atoms with van der Waals surface area (Å²) in [6, 6.07) is 5.88. The molecule has 19 heavy (non-hydrogen) atoms. The van der Waals surface area contributed by atoms with Gasteiger partial charge in [0, 0.05) is 11.3 Å². The number of nitrogens with two attached hydrogens (primary N) is 1. The number of ether oxygens (including phenoxy) is 2. The number of hydrogen-bond donors (Lipinski definition) is 2. The molecule has 3 N–H and O–H groups in total. The van der Waals surface area contributed by atoms with Crippen LogP contribution in [0.1, 0.15) is 24.4 Å². The monoisotopic (exact) mass is 257 g/mol. The van der Waals surface area contributed by atoms with Crippen LogP contribution in [-0.2, 0) is 5.54 Å². The van der Waals surface area contributed by atoms with Gasteiger partial charge in [0.05, 0.1) is 11.2 Å². The van der Waals surface area contributed by atoms with E-state index in [0.717, 1.165) is 47.1 Å². The van der Waals surface area contributed by atoms with Gasteiger partial charge in [0.15, 0.2) is 11.5 Å². The standard InChI is InChI=1S/C14H15N3O2/c1-8-12(17-13(16-8)14(15)4-5-14)9-2-3-10-11(6-9)19-7-18-10/h2-3,6H,4-5,7,15H2,1H3,(H,16,17). The fourth-order valence-electron chi connectivity index (χ4n) is 2.39. The number of nitrogens with zero attached hydrogens (tertiary/aromatic N) is 1. The molecule has 5 heteroatoms. The van der Waals surface area contributed by atoms with Gasteiger partial charge in [0.25, 0.3) is 0 Å². The van der Waals surface area contributed by atoms with Crippen molar-refractivity contribution in [1.82, 2.24) is 9.97 Å². The Bertz CT molecular complexity index is 659. The van der Waals surface area contributed by atoms with E-state index in [1.54, 1.807) is 0 Å². The maximum Gasteiger partial charge on any atom is 0.231 e. The Morgan fingerprint density at radius 2 is 2.05 bits per heavy atom. The van der Waals surface area contributed by atoms with Crippen molar-refractivity contribution >= 4 is 0 Å². The van der Waals surface area contributed by atoms with Crippen molar-refractivity contribution < 1.29 is 9.47 Å². The Labute approximate surface area is 110 Å². The van der Waals surface area contributed by atoms with Crippen LogP contribution in [0.2, 0.25) is 0 Å². The Hall–Kier alpha value is -2.01. The van der Waals surface area contributed by atoms with Crippen LogP contribution in [-0.4, -0.2) is 16.8 Å². The van der Waals surface area contributed by atoms with Gasteiger partial charge < -0.3 is 20.2 Å². The molecule has 0 atom stereocenters. The number of aryl methyl sites for hydroxylation is 1. The highest BCUT2D eigenvalue weighted by Gasteiger charge is 2.43. The zero-order chi connectivity index (χ0) is 13.0. The summed E-state index contributed by atoms with van der Waals surface area (Å²) in [4.78, 5) is 7.97. The third kappa shape index (κ3) is 1.62. The lowest BCUT2D eigenvalue weighted by Gasteiger charge is -2.02. The highest BCUT2D eigenvalue weighted by atomic mass is 16.7. The summed E-state index contributed by atoms with van der Waals surface area (Å²) >= 11 is 0. The van der Waals surface area contributed by atoms with E-state index in [4.69, 9.17) is 15.2 Å². The fourth-order valence-corrected chi connectivity index (χ4v) is 2.39. The van der Waals surface area contributed by atoms with Gasteiger partial charge in [0.1, 0.15) is 5.82 Å². The summed E-state index contributed by atoms with van der Waals surface area (Å²) in [7, 11) is 0. The van der Waals surface area contributed by atoms with Crippen LogP contribution < -0.4 is 15.2 Å². The van der Waals surface area contributed by atoms with Crippen LogP contribution in [0.4, 0.5) is 0 Å². The first-order valence-corrected chi connectivity index (χ1v) is 6.42. The van der Waals surface area contributed by atoms with Crippen molar-refractivity contribution in [3.8, 4) is 22.8 Å². The predicted molar refractivity (Wildman–Crippen MR) is 70.0 cm³/mol. The van der Waals surface area contributed by atoms with E-state index in [9.17, 15) is 0 Å². The quantitative estimate of drug-likeness (QED) is 0.863. The first-order valence-electron chi connectivity index (χ1n) is 6.42. The van der Waals surface area contributed by atoms with Gasteiger partial charge in [-0.15, -0.1) is 0 Å². The second kappa shape index (κ2) is 3.51. The molecule has 1 aliphatic carbocycles. The highest BCUT2D eigenvalue weighted by Crippen LogP contribution is 2.43. The number of aromatic nitrogens is 2. The van der Waals surface area contributed by atoms with Crippen molar-refractivity contribution in [3.63, 3.8) is 0 Å². The van der Waals surface area contributed by atoms with E-state index in [1.807, 2.05) is 25.1 Å². The molecule has 2 aromatic rings. The van der Waals surface area contributed by atoms with Crippen LogP contribution in [0.15, 0.2) is 18.2 Å². The Kier molecular flexibility index (Phi) is 2.01. The minimum Gasteiger partial charge on any atom is -0.454 e. The minimum atomic E-state index is -0.237. The topological polar surface area (TPSA) is 73.2 Å². The molecule has 1 aromatic heterocycles. The molecule has 4 rings (SSSR count). The van der Waals surface area contributed by atoms with Gasteiger partial charge in [-0.05, 0) is 38.0 Å².